The molecule has 24 heavy (non-hydrogen) atoms. The molecule has 0 atom stereocenters. The van der Waals surface area contributed by atoms with Gasteiger partial charge in [-0.05, 0) is 25.0 Å². The molecule has 0 fully saturated rings. The third-order valence-electron chi connectivity index (χ3n) is 3.84. The molecular formula is C17H23NO4S2. The van der Waals surface area contributed by atoms with Crippen LogP contribution in [-0.2, 0) is 14.6 Å². The van der Waals surface area contributed by atoms with Crippen LogP contribution in [-0.4, -0.2) is 30.2 Å². The van der Waals surface area contributed by atoms with E-state index in [4.69, 9.17) is 5.11 Å². The fraction of sp³-hybridized carbons (Fsp3) is 0.529. The van der Waals surface area contributed by atoms with Gasteiger partial charge in [-0.3, -0.25) is 4.79 Å². The Hall–Kier alpha value is -1.47. The summed E-state index contributed by atoms with van der Waals surface area (Å²) in [7, 11) is -3.29. The van der Waals surface area contributed by atoms with Crippen LogP contribution < -0.4 is 0 Å². The van der Waals surface area contributed by atoms with Crippen molar-refractivity contribution in [2.75, 3.05) is 5.75 Å². The number of hydrogen-bond donors (Lipinski definition) is 1. The van der Waals surface area contributed by atoms with Gasteiger partial charge in [0.05, 0.1) is 16.0 Å². The van der Waals surface area contributed by atoms with Gasteiger partial charge in [-0.2, -0.15) is 0 Å². The van der Waals surface area contributed by atoms with Gasteiger partial charge in [0.25, 0.3) is 0 Å². The van der Waals surface area contributed by atoms with Crippen molar-refractivity contribution in [3.05, 3.63) is 24.3 Å². The van der Waals surface area contributed by atoms with E-state index < -0.39 is 15.8 Å². The van der Waals surface area contributed by atoms with Gasteiger partial charge in [-0.15, -0.1) is 11.3 Å². The number of carbonyl (C=O) groups is 1. The van der Waals surface area contributed by atoms with E-state index in [0.717, 1.165) is 48.7 Å². The number of carboxylic acids is 1. The average Bonchev–Trinajstić information content (AvgIpc) is 2.98. The number of unbranched alkanes of at least 4 members (excludes halogenated alkanes) is 6. The summed E-state index contributed by atoms with van der Waals surface area (Å²) in [6.07, 6.45) is 6.44. The number of fused-ring (bicyclic) bond motifs is 1. The lowest BCUT2D eigenvalue weighted by Crippen LogP contribution is -2.06. The van der Waals surface area contributed by atoms with Gasteiger partial charge in [0.15, 0.2) is 0 Å². The Morgan fingerprint density at radius 2 is 1.62 bits per heavy atom. The molecule has 132 valence electrons. The number of hydrogen-bond acceptors (Lipinski definition) is 5. The molecule has 0 aliphatic heterocycles. The van der Waals surface area contributed by atoms with Crippen LogP contribution in [0.3, 0.4) is 0 Å². The number of aliphatic carboxylic acids is 1. The number of sulfone groups is 1. The summed E-state index contributed by atoms with van der Waals surface area (Å²) in [6, 6.07) is 7.45. The maximum atomic E-state index is 12.3. The van der Waals surface area contributed by atoms with Gasteiger partial charge in [-0.1, -0.05) is 44.2 Å². The van der Waals surface area contributed by atoms with Crippen LogP contribution in [0.4, 0.5) is 0 Å². The lowest BCUT2D eigenvalue weighted by molar-refractivity contribution is -0.137. The maximum Gasteiger partial charge on any atom is 0.303 e. The third-order valence-corrected chi connectivity index (χ3v) is 7.14. The summed E-state index contributed by atoms with van der Waals surface area (Å²) in [5.74, 6) is -0.596. The predicted molar refractivity (Wildman–Crippen MR) is 96.2 cm³/mol. The van der Waals surface area contributed by atoms with E-state index in [1.165, 1.54) is 11.3 Å². The monoisotopic (exact) mass is 369 g/mol. The Balaban J connectivity index is 1.67. The summed E-state index contributed by atoms with van der Waals surface area (Å²) < 4.78 is 25.8. The molecule has 0 amide bonds. The van der Waals surface area contributed by atoms with Crippen molar-refractivity contribution in [3.8, 4) is 0 Å². The second kappa shape index (κ2) is 9.13. The van der Waals surface area contributed by atoms with Gasteiger partial charge in [-0.25, -0.2) is 13.4 Å². The minimum atomic E-state index is -3.29. The topological polar surface area (TPSA) is 84.3 Å². The highest BCUT2D eigenvalue weighted by Crippen LogP contribution is 2.26. The molecule has 0 bridgehead atoms. The zero-order chi connectivity index (χ0) is 17.4. The Kier molecular flexibility index (Phi) is 7.17. The number of benzene rings is 1. The largest absolute Gasteiger partial charge is 0.481 e. The van der Waals surface area contributed by atoms with Crippen LogP contribution in [0.2, 0.25) is 0 Å². The Morgan fingerprint density at radius 1 is 1.00 bits per heavy atom. The number of para-hydroxylation sites is 1. The molecule has 0 saturated carbocycles. The van der Waals surface area contributed by atoms with Crippen molar-refractivity contribution in [1.82, 2.24) is 4.98 Å². The van der Waals surface area contributed by atoms with Crippen LogP contribution in [0.5, 0.6) is 0 Å². The lowest BCUT2D eigenvalue weighted by atomic mass is 10.1. The van der Waals surface area contributed by atoms with Gasteiger partial charge in [0.1, 0.15) is 0 Å². The van der Waals surface area contributed by atoms with Crippen molar-refractivity contribution >= 4 is 37.4 Å². The number of carboxylic acid groups (broad SMARTS) is 1. The first-order valence-electron chi connectivity index (χ1n) is 8.29. The predicted octanol–water partition coefficient (Wildman–Crippen LogP) is 4.28. The van der Waals surface area contributed by atoms with Crippen molar-refractivity contribution in [1.29, 1.82) is 0 Å². The van der Waals surface area contributed by atoms with Crippen molar-refractivity contribution in [2.45, 2.75) is 55.7 Å². The van der Waals surface area contributed by atoms with E-state index in [1.54, 1.807) is 0 Å². The average molecular weight is 370 g/mol. The first-order valence-corrected chi connectivity index (χ1v) is 10.8. The van der Waals surface area contributed by atoms with E-state index in [9.17, 15) is 13.2 Å². The maximum absolute atomic E-state index is 12.3. The highest BCUT2D eigenvalue weighted by molar-refractivity contribution is 7.93. The van der Waals surface area contributed by atoms with Gasteiger partial charge in [0, 0.05) is 6.42 Å². The Morgan fingerprint density at radius 3 is 2.29 bits per heavy atom. The van der Waals surface area contributed by atoms with E-state index in [2.05, 4.69) is 4.98 Å². The lowest BCUT2D eigenvalue weighted by Gasteiger charge is -2.02. The highest BCUT2D eigenvalue weighted by Gasteiger charge is 2.18. The molecule has 1 N–H and O–H groups in total. The molecule has 1 aromatic carbocycles. The number of aromatic nitrogens is 1. The summed E-state index contributed by atoms with van der Waals surface area (Å²) in [6.45, 7) is 0. The second-order valence-corrected chi connectivity index (χ2v) is 9.20. The molecule has 1 heterocycles. The summed E-state index contributed by atoms with van der Waals surface area (Å²) in [5.41, 5.74) is 0.738. The Labute approximate surface area is 146 Å². The molecule has 7 heteroatoms. The molecule has 0 spiro atoms. The molecule has 1 aromatic heterocycles. The molecule has 0 aliphatic rings. The number of nitrogens with zero attached hydrogens (tertiary/aromatic N) is 1. The zero-order valence-electron chi connectivity index (χ0n) is 13.6. The van der Waals surface area contributed by atoms with E-state index >= 15 is 0 Å². The molecule has 0 aliphatic carbocycles. The SMILES string of the molecule is O=C(O)CCCCCCCCCS(=O)(=O)c1nc2ccccc2s1. The number of rotatable bonds is 11. The van der Waals surface area contributed by atoms with Crippen LogP contribution in [0.1, 0.15) is 51.4 Å². The van der Waals surface area contributed by atoms with Crippen LogP contribution in [0, 0.1) is 0 Å². The first kappa shape index (κ1) is 18.9. The highest BCUT2D eigenvalue weighted by atomic mass is 32.2. The van der Waals surface area contributed by atoms with Gasteiger partial charge >= 0.3 is 5.97 Å². The normalized spacial score (nSPS) is 11.8. The van der Waals surface area contributed by atoms with Crippen LogP contribution in [0.15, 0.2) is 28.6 Å². The molecule has 2 rings (SSSR count). The van der Waals surface area contributed by atoms with Crippen molar-refractivity contribution in [3.63, 3.8) is 0 Å². The minimum absolute atomic E-state index is 0.145. The van der Waals surface area contributed by atoms with E-state index in [-0.39, 0.29) is 16.5 Å². The van der Waals surface area contributed by atoms with E-state index in [1.807, 2.05) is 24.3 Å². The summed E-state index contributed by atoms with van der Waals surface area (Å²) in [4.78, 5) is 14.6. The number of thiazole rings is 1. The Bertz CT molecular complexity index is 735. The first-order chi connectivity index (χ1) is 11.5. The fourth-order valence-electron chi connectivity index (χ4n) is 2.52. The van der Waals surface area contributed by atoms with Gasteiger partial charge in [0.2, 0.25) is 14.2 Å². The quantitative estimate of drug-likeness (QED) is 0.598. The third kappa shape index (κ3) is 5.87. The molecule has 0 saturated heterocycles. The van der Waals surface area contributed by atoms with Gasteiger partial charge < -0.3 is 5.11 Å². The summed E-state index contributed by atoms with van der Waals surface area (Å²) >= 11 is 1.24. The zero-order valence-corrected chi connectivity index (χ0v) is 15.2. The second-order valence-electron chi connectivity index (χ2n) is 5.88. The molecule has 0 radical (unpaired) electrons. The smallest absolute Gasteiger partial charge is 0.303 e. The standard InChI is InChI=1S/C17H23NO4S2/c19-16(20)12-6-4-2-1-3-5-9-13-24(21,22)17-18-14-10-7-8-11-15(14)23-17/h7-8,10-11H,1-6,9,12-13H2,(H,19,20). The molecular weight excluding hydrogens is 346 g/mol. The van der Waals surface area contributed by atoms with Crippen LogP contribution in [0.25, 0.3) is 10.2 Å². The minimum Gasteiger partial charge on any atom is -0.481 e. The molecule has 2 aromatic rings. The molecule has 0 unspecified atom stereocenters. The van der Waals surface area contributed by atoms with Crippen molar-refractivity contribution in [2.24, 2.45) is 0 Å². The fourth-order valence-corrected chi connectivity index (χ4v) is 5.24. The van der Waals surface area contributed by atoms with Crippen molar-refractivity contribution < 1.29 is 18.3 Å². The summed E-state index contributed by atoms with van der Waals surface area (Å²) in [5, 5.41) is 8.54. The van der Waals surface area contributed by atoms with E-state index in [0.29, 0.717) is 6.42 Å². The van der Waals surface area contributed by atoms with Crippen LogP contribution >= 0.6 is 11.3 Å². The molecule has 5 nitrogen and oxygen atoms in total.